The summed E-state index contributed by atoms with van der Waals surface area (Å²) in [5, 5.41) is 0. The Morgan fingerprint density at radius 1 is 0.857 bits per heavy atom. The molecule has 4 rings (SSSR count). The van der Waals surface area contributed by atoms with Crippen LogP contribution in [0.25, 0.3) is 0 Å². The van der Waals surface area contributed by atoms with Gasteiger partial charge in [-0.1, -0.05) is 60.7 Å². The van der Waals surface area contributed by atoms with Crippen molar-refractivity contribution < 1.29 is 4.74 Å². The van der Waals surface area contributed by atoms with Gasteiger partial charge >= 0.3 is 0 Å². The van der Waals surface area contributed by atoms with E-state index in [2.05, 4.69) is 65.6 Å². The second kappa shape index (κ2) is 9.69. The molecule has 0 amide bonds. The molecular weight excluding hydrogens is 344 g/mol. The predicted octanol–water partition coefficient (Wildman–Crippen LogP) is 4.58. The minimum Gasteiger partial charge on any atom is -0.378 e. The molecule has 3 heteroatoms. The van der Waals surface area contributed by atoms with Crippen molar-refractivity contribution in [2.45, 2.75) is 56.7 Å². The van der Waals surface area contributed by atoms with Gasteiger partial charge in [-0.3, -0.25) is 4.90 Å². The highest BCUT2D eigenvalue weighted by Gasteiger charge is 2.29. The van der Waals surface area contributed by atoms with E-state index in [0.29, 0.717) is 17.9 Å². The molecule has 1 aliphatic heterocycles. The van der Waals surface area contributed by atoms with Gasteiger partial charge in [0.05, 0.1) is 12.7 Å². The van der Waals surface area contributed by atoms with Gasteiger partial charge in [-0.2, -0.15) is 0 Å². The van der Waals surface area contributed by atoms with Crippen molar-refractivity contribution in [3.05, 3.63) is 71.8 Å². The highest BCUT2D eigenvalue weighted by Crippen LogP contribution is 2.34. The molecule has 1 saturated carbocycles. The summed E-state index contributed by atoms with van der Waals surface area (Å²) in [6, 6.07) is 22.0. The highest BCUT2D eigenvalue weighted by molar-refractivity contribution is 5.20. The Labute approximate surface area is 169 Å². The molecule has 2 aliphatic rings. The minimum absolute atomic E-state index is 0.271. The zero-order chi connectivity index (χ0) is 19.2. The second-order valence-electron chi connectivity index (χ2n) is 8.65. The molecule has 1 saturated heterocycles. The van der Waals surface area contributed by atoms with E-state index in [1.807, 2.05) is 0 Å². The van der Waals surface area contributed by atoms with Crippen molar-refractivity contribution in [2.75, 3.05) is 19.7 Å². The summed E-state index contributed by atoms with van der Waals surface area (Å²) in [6.07, 6.45) is 6.32. The fourth-order valence-electron chi connectivity index (χ4n) is 4.83. The zero-order valence-electron chi connectivity index (χ0n) is 16.9. The van der Waals surface area contributed by atoms with Crippen molar-refractivity contribution >= 4 is 0 Å². The average Bonchev–Trinajstić information content (AvgIpc) is 2.76. The number of hydrogen-bond acceptors (Lipinski definition) is 3. The van der Waals surface area contributed by atoms with Crippen molar-refractivity contribution in [2.24, 2.45) is 11.7 Å². The predicted molar refractivity (Wildman–Crippen MR) is 115 cm³/mol. The molecule has 0 radical (unpaired) electrons. The number of nitrogens with two attached hydrogens (primary N) is 1. The lowest BCUT2D eigenvalue weighted by atomic mass is 9.82. The molecule has 28 heavy (non-hydrogen) atoms. The van der Waals surface area contributed by atoms with Crippen LogP contribution in [0, 0.1) is 5.92 Å². The van der Waals surface area contributed by atoms with E-state index in [1.165, 1.54) is 36.8 Å². The maximum Gasteiger partial charge on any atom is 0.0575 e. The van der Waals surface area contributed by atoms with Gasteiger partial charge in [0.15, 0.2) is 0 Å². The van der Waals surface area contributed by atoms with Crippen LogP contribution in [-0.2, 0) is 11.3 Å². The number of nitrogens with zero attached hydrogens (tertiary/aromatic N) is 1. The summed E-state index contributed by atoms with van der Waals surface area (Å²) >= 11 is 0. The van der Waals surface area contributed by atoms with Gasteiger partial charge in [-0.15, -0.1) is 0 Å². The van der Waals surface area contributed by atoms with Crippen LogP contribution in [0.15, 0.2) is 60.7 Å². The van der Waals surface area contributed by atoms with Crippen molar-refractivity contribution in [1.82, 2.24) is 4.90 Å². The quantitative estimate of drug-likeness (QED) is 0.800. The van der Waals surface area contributed by atoms with Crippen LogP contribution in [0.5, 0.6) is 0 Å². The summed E-state index contributed by atoms with van der Waals surface area (Å²) in [7, 11) is 0. The number of likely N-dealkylation sites (tertiary alicyclic amines) is 1. The van der Waals surface area contributed by atoms with Gasteiger partial charge in [0.2, 0.25) is 0 Å². The Bertz CT molecular complexity index is 697. The summed E-state index contributed by atoms with van der Waals surface area (Å²) in [5.41, 5.74) is 9.32. The number of ether oxygens (including phenoxy) is 1. The third kappa shape index (κ3) is 5.22. The van der Waals surface area contributed by atoms with Gasteiger partial charge in [0.25, 0.3) is 0 Å². The Kier molecular flexibility index (Phi) is 6.79. The van der Waals surface area contributed by atoms with E-state index in [1.54, 1.807) is 0 Å². The van der Waals surface area contributed by atoms with Gasteiger partial charge in [0.1, 0.15) is 0 Å². The van der Waals surface area contributed by atoms with E-state index in [-0.39, 0.29) is 6.04 Å². The van der Waals surface area contributed by atoms with E-state index >= 15 is 0 Å². The first-order valence-electron chi connectivity index (χ1n) is 11.0. The maximum absolute atomic E-state index is 6.44. The van der Waals surface area contributed by atoms with E-state index in [9.17, 15) is 0 Å². The second-order valence-corrected chi connectivity index (χ2v) is 8.65. The summed E-state index contributed by atoms with van der Waals surface area (Å²) in [5.74, 6) is 1.16. The first-order valence-corrected chi connectivity index (χ1v) is 11.0. The van der Waals surface area contributed by atoms with Crippen LogP contribution in [0.2, 0.25) is 0 Å². The summed E-state index contributed by atoms with van der Waals surface area (Å²) in [6.45, 7) is 3.98. The Morgan fingerprint density at radius 2 is 1.54 bits per heavy atom. The van der Waals surface area contributed by atoms with E-state index in [0.717, 1.165) is 32.7 Å². The number of rotatable bonds is 6. The first kappa shape index (κ1) is 19.6. The average molecular weight is 379 g/mol. The van der Waals surface area contributed by atoms with Crippen LogP contribution < -0.4 is 5.73 Å². The molecule has 2 atom stereocenters. The maximum atomic E-state index is 6.44. The smallest absolute Gasteiger partial charge is 0.0575 e. The summed E-state index contributed by atoms with van der Waals surface area (Å²) in [4.78, 5) is 2.54. The van der Waals surface area contributed by atoms with E-state index < -0.39 is 0 Å². The number of piperidine rings is 1. The van der Waals surface area contributed by atoms with Crippen LogP contribution in [-0.4, -0.2) is 36.7 Å². The Morgan fingerprint density at radius 3 is 2.25 bits per heavy atom. The summed E-state index contributed by atoms with van der Waals surface area (Å²) < 4.78 is 6.37. The van der Waals surface area contributed by atoms with Crippen LogP contribution >= 0.6 is 0 Å². The number of benzene rings is 2. The van der Waals surface area contributed by atoms with Gasteiger partial charge in [-0.05, 0) is 55.7 Å². The van der Waals surface area contributed by atoms with Crippen LogP contribution in [0.1, 0.15) is 49.1 Å². The van der Waals surface area contributed by atoms with Gasteiger partial charge < -0.3 is 10.5 Å². The van der Waals surface area contributed by atoms with Crippen molar-refractivity contribution in [3.8, 4) is 0 Å². The van der Waals surface area contributed by atoms with Gasteiger partial charge in [0, 0.05) is 25.0 Å². The molecule has 0 aromatic heterocycles. The van der Waals surface area contributed by atoms with Crippen molar-refractivity contribution in [3.63, 3.8) is 0 Å². The highest BCUT2D eigenvalue weighted by atomic mass is 16.5. The molecule has 2 fully saturated rings. The molecule has 2 aromatic carbocycles. The molecule has 150 valence electrons. The van der Waals surface area contributed by atoms with E-state index in [4.69, 9.17) is 10.5 Å². The number of hydrogen-bond donors (Lipinski definition) is 1. The third-order valence-corrected chi connectivity index (χ3v) is 6.62. The standard InChI is InChI=1S/C25H34N2O/c26-25-15-16-27(17-20-7-3-1-4-8-20)18-23(25)19-28-24-13-11-22(12-14-24)21-9-5-2-6-10-21/h1-10,22-25H,11-19,26H2/t22?,23-,24?,25-/m0/s1. The zero-order valence-corrected chi connectivity index (χ0v) is 16.9. The third-order valence-electron chi connectivity index (χ3n) is 6.62. The van der Waals surface area contributed by atoms with Gasteiger partial charge in [-0.25, -0.2) is 0 Å². The molecular formula is C25H34N2O. The van der Waals surface area contributed by atoms with Crippen LogP contribution in [0.4, 0.5) is 0 Å². The normalized spacial score (nSPS) is 28.9. The van der Waals surface area contributed by atoms with Crippen molar-refractivity contribution in [1.29, 1.82) is 0 Å². The minimum atomic E-state index is 0.271. The monoisotopic (exact) mass is 378 g/mol. The fraction of sp³-hybridized carbons (Fsp3) is 0.520. The Balaban J connectivity index is 1.23. The molecule has 1 aliphatic carbocycles. The SMILES string of the molecule is N[C@H]1CCN(Cc2ccccc2)C[C@H]1COC1CCC(c2ccccc2)CC1. The lowest BCUT2D eigenvalue weighted by molar-refractivity contribution is -0.0162. The molecule has 3 nitrogen and oxygen atoms in total. The molecule has 2 N–H and O–H groups in total. The molecule has 1 heterocycles. The first-order chi connectivity index (χ1) is 13.8. The lowest BCUT2D eigenvalue weighted by Gasteiger charge is -2.38. The topological polar surface area (TPSA) is 38.5 Å². The molecule has 0 bridgehead atoms. The molecule has 0 unspecified atom stereocenters. The van der Waals surface area contributed by atoms with Crippen LogP contribution in [0.3, 0.4) is 0 Å². The lowest BCUT2D eigenvalue weighted by Crippen LogP contribution is -2.48. The Hall–Kier alpha value is -1.68. The molecule has 2 aromatic rings. The molecule has 0 spiro atoms. The fourth-order valence-corrected chi connectivity index (χ4v) is 4.83. The largest absolute Gasteiger partial charge is 0.378 e.